The average molecular weight is 361 g/mol. The summed E-state index contributed by atoms with van der Waals surface area (Å²) in [5.41, 5.74) is 1.12. The van der Waals surface area contributed by atoms with Gasteiger partial charge in [-0.05, 0) is 36.4 Å². The minimum Gasteiger partial charge on any atom is -0.457 e. The summed E-state index contributed by atoms with van der Waals surface area (Å²) >= 11 is 1.28. The highest BCUT2D eigenvalue weighted by Crippen LogP contribution is 2.27. The first-order chi connectivity index (χ1) is 12.7. The third kappa shape index (κ3) is 3.24. The maximum absolute atomic E-state index is 11.7. The number of nitrogens with zero attached hydrogens (tertiary/aromatic N) is 4. The number of nitrogens with one attached hydrogen (secondary N) is 1. The zero-order valence-electron chi connectivity index (χ0n) is 13.3. The zero-order valence-corrected chi connectivity index (χ0v) is 14.1. The standard InChI is InChI=1S/C18H11N5O2S/c19-11-12-4-6-14(7-5-12)25-15-3-1-2-13(10-15)21-17-22-23-16(24)8-9-20-18(23)26-17/h1-10H,(H,21,22). The van der Waals surface area contributed by atoms with Gasteiger partial charge < -0.3 is 10.1 Å². The maximum atomic E-state index is 11.7. The van der Waals surface area contributed by atoms with Gasteiger partial charge in [-0.2, -0.15) is 9.78 Å². The van der Waals surface area contributed by atoms with E-state index < -0.39 is 0 Å². The average Bonchev–Trinajstić information content (AvgIpc) is 3.07. The van der Waals surface area contributed by atoms with Crippen molar-refractivity contribution >= 4 is 27.1 Å². The number of aromatic nitrogens is 3. The lowest BCUT2D eigenvalue weighted by molar-refractivity contribution is 0.483. The summed E-state index contributed by atoms with van der Waals surface area (Å²) in [4.78, 5) is 16.4. The van der Waals surface area contributed by atoms with Crippen LogP contribution in [0.25, 0.3) is 4.96 Å². The highest BCUT2D eigenvalue weighted by Gasteiger charge is 2.07. The van der Waals surface area contributed by atoms with Crippen LogP contribution in [-0.4, -0.2) is 14.6 Å². The monoisotopic (exact) mass is 361 g/mol. The Labute approximate surface area is 151 Å². The number of benzene rings is 2. The van der Waals surface area contributed by atoms with Crippen molar-refractivity contribution < 1.29 is 4.74 Å². The van der Waals surface area contributed by atoms with Crippen LogP contribution in [0.3, 0.4) is 0 Å². The molecular formula is C18H11N5O2S. The van der Waals surface area contributed by atoms with Gasteiger partial charge in [-0.1, -0.05) is 17.4 Å². The number of nitriles is 1. The normalized spacial score (nSPS) is 10.4. The summed E-state index contributed by atoms with van der Waals surface area (Å²) in [5.74, 6) is 1.27. The van der Waals surface area contributed by atoms with Gasteiger partial charge in [0.05, 0.1) is 11.6 Å². The summed E-state index contributed by atoms with van der Waals surface area (Å²) < 4.78 is 7.05. The molecule has 8 heteroatoms. The molecule has 0 aliphatic carbocycles. The summed E-state index contributed by atoms with van der Waals surface area (Å²) in [5, 5.41) is 16.8. The van der Waals surface area contributed by atoms with Crippen LogP contribution in [0.15, 0.2) is 65.6 Å². The quantitative estimate of drug-likeness (QED) is 0.597. The molecule has 0 spiro atoms. The van der Waals surface area contributed by atoms with Crippen molar-refractivity contribution in [3.8, 4) is 17.6 Å². The first-order valence-electron chi connectivity index (χ1n) is 7.61. The summed E-state index contributed by atoms with van der Waals surface area (Å²) in [7, 11) is 0. The van der Waals surface area contributed by atoms with Crippen LogP contribution in [0.2, 0.25) is 0 Å². The fraction of sp³-hybridized carbons (Fsp3) is 0. The van der Waals surface area contributed by atoms with Gasteiger partial charge in [0.15, 0.2) is 0 Å². The van der Waals surface area contributed by atoms with Gasteiger partial charge in [-0.15, -0.1) is 5.10 Å². The molecule has 4 rings (SSSR count). The Morgan fingerprint density at radius 3 is 2.73 bits per heavy atom. The smallest absolute Gasteiger partial charge is 0.275 e. The molecule has 26 heavy (non-hydrogen) atoms. The molecule has 2 heterocycles. The lowest BCUT2D eigenvalue weighted by Crippen LogP contribution is -2.12. The molecule has 0 bridgehead atoms. The minimum atomic E-state index is -0.225. The molecule has 2 aromatic heterocycles. The first kappa shape index (κ1) is 15.8. The molecule has 4 aromatic rings. The molecule has 0 fully saturated rings. The highest BCUT2D eigenvalue weighted by molar-refractivity contribution is 7.20. The molecule has 1 N–H and O–H groups in total. The van der Waals surface area contributed by atoms with Gasteiger partial charge in [-0.25, -0.2) is 4.98 Å². The van der Waals surface area contributed by atoms with Crippen LogP contribution < -0.4 is 15.6 Å². The number of ether oxygens (including phenoxy) is 1. The van der Waals surface area contributed by atoms with Gasteiger partial charge in [0.25, 0.3) is 5.56 Å². The van der Waals surface area contributed by atoms with E-state index in [1.54, 1.807) is 24.3 Å². The number of rotatable bonds is 4. The second-order valence-corrected chi connectivity index (χ2v) is 6.23. The van der Waals surface area contributed by atoms with Crippen molar-refractivity contribution in [1.29, 1.82) is 5.26 Å². The van der Waals surface area contributed by atoms with Crippen LogP contribution in [-0.2, 0) is 0 Å². The molecular weight excluding hydrogens is 350 g/mol. The van der Waals surface area contributed by atoms with Crippen molar-refractivity contribution in [2.45, 2.75) is 0 Å². The Morgan fingerprint density at radius 1 is 1.12 bits per heavy atom. The molecule has 126 valence electrons. The predicted octanol–water partition coefficient (Wildman–Crippen LogP) is 3.56. The zero-order chi connectivity index (χ0) is 17.9. The second-order valence-electron chi connectivity index (χ2n) is 5.28. The van der Waals surface area contributed by atoms with Crippen molar-refractivity contribution in [3.05, 3.63) is 76.7 Å². The van der Waals surface area contributed by atoms with Gasteiger partial charge in [0.1, 0.15) is 11.5 Å². The third-order valence-electron chi connectivity index (χ3n) is 3.48. The van der Waals surface area contributed by atoms with Gasteiger partial charge in [-0.3, -0.25) is 4.79 Å². The van der Waals surface area contributed by atoms with Gasteiger partial charge in [0, 0.05) is 24.0 Å². The number of fused-ring (bicyclic) bond motifs is 1. The molecule has 0 unspecified atom stereocenters. The highest BCUT2D eigenvalue weighted by atomic mass is 32.1. The van der Waals surface area contributed by atoms with E-state index >= 15 is 0 Å². The van der Waals surface area contributed by atoms with Crippen LogP contribution >= 0.6 is 11.3 Å². The van der Waals surface area contributed by atoms with Crippen LogP contribution in [0.5, 0.6) is 11.5 Å². The largest absolute Gasteiger partial charge is 0.457 e. The van der Waals surface area contributed by atoms with E-state index in [0.717, 1.165) is 5.69 Å². The van der Waals surface area contributed by atoms with Crippen molar-refractivity contribution in [3.63, 3.8) is 0 Å². The van der Waals surface area contributed by atoms with E-state index in [4.69, 9.17) is 10.00 Å². The van der Waals surface area contributed by atoms with Crippen molar-refractivity contribution in [2.75, 3.05) is 5.32 Å². The van der Waals surface area contributed by atoms with Crippen LogP contribution in [0, 0.1) is 11.3 Å². The Morgan fingerprint density at radius 2 is 1.96 bits per heavy atom. The van der Waals surface area contributed by atoms with E-state index in [1.165, 1.54) is 28.1 Å². The summed E-state index contributed by atoms with van der Waals surface area (Å²) in [6, 6.07) is 17.7. The van der Waals surface area contributed by atoms with Gasteiger partial charge >= 0.3 is 0 Å². The molecule has 7 nitrogen and oxygen atoms in total. The molecule has 2 aromatic carbocycles. The van der Waals surface area contributed by atoms with Crippen LogP contribution in [0.1, 0.15) is 5.56 Å². The molecule has 0 saturated heterocycles. The van der Waals surface area contributed by atoms with E-state index in [-0.39, 0.29) is 5.56 Å². The molecule has 0 aliphatic heterocycles. The lowest BCUT2D eigenvalue weighted by Gasteiger charge is -2.08. The van der Waals surface area contributed by atoms with E-state index in [2.05, 4.69) is 21.5 Å². The Balaban J connectivity index is 1.55. The number of anilines is 2. The Hall–Kier alpha value is -3.70. The van der Waals surface area contributed by atoms with Crippen LogP contribution in [0.4, 0.5) is 10.8 Å². The number of hydrogen-bond acceptors (Lipinski definition) is 7. The summed E-state index contributed by atoms with van der Waals surface area (Å²) in [6.45, 7) is 0. The Kier molecular flexibility index (Phi) is 4.05. The predicted molar refractivity (Wildman–Crippen MR) is 98.1 cm³/mol. The molecule has 0 radical (unpaired) electrons. The molecule has 0 amide bonds. The third-order valence-corrected chi connectivity index (χ3v) is 4.31. The Bertz CT molecular complexity index is 1170. The fourth-order valence-electron chi connectivity index (χ4n) is 2.29. The topological polar surface area (TPSA) is 92.3 Å². The van der Waals surface area contributed by atoms with E-state index in [9.17, 15) is 4.79 Å². The van der Waals surface area contributed by atoms with Gasteiger partial charge in [0.2, 0.25) is 10.1 Å². The SMILES string of the molecule is N#Cc1ccc(Oc2cccc(Nc3nn4c(=O)ccnc4s3)c2)cc1. The minimum absolute atomic E-state index is 0.225. The maximum Gasteiger partial charge on any atom is 0.275 e. The molecule has 0 saturated carbocycles. The molecule has 0 atom stereocenters. The van der Waals surface area contributed by atoms with E-state index in [1.807, 2.05) is 24.3 Å². The second kappa shape index (κ2) is 6.66. The fourth-order valence-corrected chi connectivity index (χ4v) is 3.08. The first-order valence-corrected chi connectivity index (χ1v) is 8.43. The molecule has 0 aliphatic rings. The van der Waals surface area contributed by atoms with Crippen molar-refractivity contribution in [1.82, 2.24) is 14.6 Å². The summed E-state index contributed by atoms with van der Waals surface area (Å²) in [6.07, 6.45) is 1.46. The number of hydrogen-bond donors (Lipinski definition) is 1. The lowest BCUT2D eigenvalue weighted by atomic mass is 10.2. The van der Waals surface area contributed by atoms with E-state index in [0.29, 0.717) is 27.2 Å². The van der Waals surface area contributed by atoms with Crippen molar-refractivity contribution in [2.24, 2.45) is 0 Å².